The minimum Gasteiger partial charge on any atom is -0.497 e. The number of carbonyl (C=O) groups is 2. The van der Waals surface area contributed by atoms with Gasteiger partial charge in [-0.3, -0.25) is 9.59 Å². The topological polar surface area (TPSA) is 59.1 Å². The van der Waals surface area contributed by atoms with Crippen LogP contribution < -0.4 is 9.47 Å². The number of aryl methyl sites for hydroxylation is 2. The first-order chi connectivity index (χ1) is 16.9. The molecule has 0 spiro atoms. The Kier molecular flexibility index (Phi) is 7.76. The van der Waals surface area contributed by atoms with Crippen LogP contribution in [0.4, 0.5) is 0 Å². The van der Waals surface area contributed by atoms with Crippen molar-refractivity contribution in [3.63, 3.8) is 0 Å². The number of nitrogens with zero attached hydrogens (tertiary/aromatic N) is 2. The van der Waals surface area contributed by atoms with Crippen LogP contribution in [0.15, 0.2) is 53.9 Å². The Morgan fingerprint density at radius 1 is 1.14 bits per heavy atom. The second-order valence-corrected chi connectivity index (χ2v) is 9.78. The molecule has 0 fully saturated rings. The highest BCUT2D eigenvalue weighted by Crippen LogP contribution is 2.34. The molecule has 0 radical (unpaired) electrons. The summed E-state index contributed by atoms with van der Waals surface area (Å²) in [5.74, 6) is 1.18. The fourth-order valence-electron chi connectivity index (χ4n) is 4.52. The molecule has 2 aromatic carbocycles. The summed E-state index contributed by atoms with van der Waals surface area (Å²) in [6.45, 7) is 7.41. The van der Waals surface area contributed by atoms with E-state index in [0.717, 1.165) is 23.3 Å². The third kappa shape index (κ3) is 5.51. The van der Waals surface area contributed by atoms with Crippen LogP contribution in [0, 0.1) is 13.8 Å². The molecule has 3 aromatic rings. The number of benzene rings is 2. The van der Waals surface area contributed by atoms with E-state index >= 15 is 0 Å². The van der Waals surface area contributed by atoms with E-state index in [4.69, 9.17) is 9.47 Å². The molecule has 1 aliphatic heterocycles. The van der Waals surface area contributed by atoms with Gasteiger partial charge in [-0.2, -0.15) is 0 Å². The van der Waals surface area contributed by atoms with E-state index in [9.17, 15) is 9.59 Å². The van der Waals surface area contributed by atoms with Gasteiger partial charge in [-0.15, -0.1) is 11.3 Å². The van der Waals surface area contributed by atoms with Gasteiger partial charge in [-0.05, 0) is 74.0 Å². The Balaban J connectivity index is 1.51. The molecule has 7 heteroatoms. The summed E-state index contributed by atoms with van der Waals surface area (Å²) in [6, 6.07) is 15.0. The van der Waals surface area contributed by atoms with Crippen molar-refractivity contribution in [2.24, 2.45) is 0 Å². The zero-order valence-corrected chi connectivity index (χ0v) is 21.6. The molecule has 0 saturated heterocycles. The molecule has 0 N–H and O–H groups in total. The van der Waals surface area contributed by atoms with Crippen LogP contribution in [0.2, 0.25) is 0 Å². The highest BCUT2D eigenvalue weighted by molar-refractivity contribution is 7.10. The SMILES string of the molecule is CCN(CC(=O)N1CCc2sccc2C1COc1ccc(C)cc1C)C(=O)c1cccc(OC)c1. The number of hydrogen-bond donors (Lipinski definition) is 0. The number of rotatable bonds is 8. The molecule has 4 rings (SSSR count). The monoisotopic (exact) mass is 492 g/mol. The maximum atomic E-state index is 13.5. The van der Waals surface area contributed by atoms with E-state index in [1.54, 1.807) is 47.6 Å². The van der Waals surface area contributed by atoms with Gasteiger partial charge in [-0.25, -0.2) is 0 Å². The van der Waals surface area contributed by atoms with E-state index in [2.05, 4.69) is 24.4 Å². The highest BCUT2D eigenvalue weighted by Gasteiger charge is 2.33. The van der Waals surface area contributed by atoms with E-state index < -0.39 is 0 Å². The predicted octanol–water partition coefficient (Wildman–Crippen LogP) is 5.04. The lowest BCUT2D eigenvalue weighted by Crippen LogP contribution is -2.47. The standard InChI is InChI=1S/C28H32N2O4S/c1-5-29(28(32)21-7-6-8-22(16-21)33-4)17-27(31)30-13-11-26-23(12-14-35-26)24(30)18-34-25-10-9-19(2)15-20(25)3/h6-10,12,14-16,24H,5,11,13,17-18H2,1-4H3. The number of ether oxygens (including phenoxy) is 2. The smallest absolute Gasteiger partial charge is 0.254 e. The maximum absolute atomic E-state index is 13.5. The van der Waals surface area contributed by atoms with Crippen molar-refractivity contribution in [2.75, 3.05) is 33.4 Å². The van der Waals surface area contributed by atoms with Crippen LogP contribution >= 0.6 is 11.3 Å². The lowest BCUT2D eigenvalue weighted by Gasteiger charge is -2.37. The minimum absolute atomic E-state index is 0.0199. The molecule has 6 nitrogen and oxygen atoms in total. The molecule has 2 heterocycles. The van der Waals surface area contributed by atoms with Crippen molar-refractivity contribution in [1.29, 1.82) is 0 Å². The number of methoxy groups -OCH3 is 1. The number of amides is 2. The normalized spacial score (nSPS) is 14.9. The van der Waals surface area contributed by atoms with Crippen molar-refractivity contribution in [2.45, 2.75) is 33.2 Å². The third-order valence-corrected chi connectivity index (χ3v) is 7.45. The zero-order valence-electron chi connectivity index (χ0n) is 20.7. The fraction of sp³-hybridized carbons (Fsp3) is 0.357. The van der Waals surface area contributed by atoms with Crippen molar-refractivity contribution in [3.05, 3.63) is 81.0 Å². The van der Waals surface area contributed by atoms with Gasteiger partial charge in [-0.1, -0.05) is 23.8 Å². The predicted molar refractivity (Wildman–Crippen MR) is 138 cm³/mol. The average Bonchev–Trinajstić information content (AvgIpc) is 3.35. The summed E-state index contributed by atoms with van der Waals surface area (Å²) >= 11 is 1.72. The molecule has 1 unspecified atom stereocenters. The Bertz CT molecular complexity index is 1210. The van der Waals surface area contributed by atoms with Crippen molar-refractivity contribution in [3.8, 4) is 11.5 Å². The average molecular weight is 493 g/mol. The van der Waals surface area contributed by atoms with Crippen LogP contribution in [0.25, 0.3) is 0 Å². The van der Waals surface area contributed by atoms with Crippen LogP contribution in [-0.4, -0.2) is 55.0 Å². The Labute approximate surface area is 211 Å². The summed E-state index contributed by atoms with van der Waals surface area (Å²) in [6.07, 6.45) is 0.814. The molecule has 0 aliphatic carbocycles. The fourth-order valence-corrected chi connectivity index (χ4v) is 5.45. The van der Waals surface area contributed by atoms with Crippen LogP contribution in [0.1, 0.15) is 44.9 Å². The highest BCUT2D eigenvalue weighted by atomic mass is 32.1. The van der Waals surface area contributed by atoms with E-state index in [-0.39, 0.29) is 24.4 Å². The number of fused-ring (bicyclic) bond motifs is 1. The molecule has 0 bridgehead atoms. The summed E-state index contributed by atoms with van der Waals surface area (Å²) in [5.41, 5.74) is 3.91. The second kappa shape index (κ2) is 11.0. The molecular formula is C28H32N2O4S. The Hall–Kier alpha value is -3.32. The van der Waals surface area contributed by atoms with Gasteiger partial charge in [0.25, 0.3) is 5.91 Å². The van der Waals surface area contributed by atoms with Gasteiger partial charge < -0.3 is 19.3 Å². The Morgan fingerprint density at radius 2 is 1.97 bits per heavy atom. The molecule has 35 heavy (non-hydrogen) atoms. The van der Waals surface area contributed by atoms with Gasteiger partial charge in [0, 0.05) is 23.5 Å². The maximum Gasteiger partial charge on any atom is 0.254 e. The van der Waals surface area contributed by atoms with E-state index in [1.165, 1.54) is 10.4 Å². The number of carbonyl (C=O) groups excluding carboxylic acids is 2. The van der Waals surface area contributed by atoms with Gasteiger partial charge >= 0.3 is 0 Å². The largest absolute Gasteiger partial charge is 0.497 e. The summed E-state index contributed by atoms with van der Waals surface area (Å²) in [7, 11) is 1.57. The van der Waals surface area contributed by atoms with Gasteiger partial charge in [0.1, 0.15) is 24.7 Å². The first-order valence-corrected chi connectivity index (χ1v) is 12.8. The summed E-state index contributed by atoms with van der Waals surface area (Å²) in [5, 5.41) is 2.08. The summed E-state index contributed by atoms with van der Waals surface area (Å²) in [4.78, 5) is 31.5. The van der Waals surface area contributed by atoms with Gasteiger partial charge in [0.05, 0.1) is 13.2 Å². The van der Waals surface area contributed by atoms with Gasteiger partial charge in [0.2, 0.25) is 5.91 Å². The molecule has 0 saturated carbocycles. The lowest BCUT2D eigenvalue weighted by atomic mass is 10.00. The quantitative estimate of drug-likeness (QED) is 0.442. The summed E-state index contributed by atoms with van der Waals surface area (Å²) < 4.78 is 11.5. The van der Waals surface area contributed by atoms with E-state index in [1.807, 2.05) is 30.9 Å². The molecule has 2 amide bonds. The van der Waals surface area contributed by atoms with E-state index in [0.29, 0.717) is 31.0 Å². The second-order valence-electron chi connectivity index (χ2n) is 8.78. The zero-order chi connectivity index (χ0) is 24.9. The van der Waals surface area contributed by atoms with Crippen LogP contribution in [0.5, 0.6) is 11.5 Å². The van der Waals surface area contributed by atoms with Crippen molar-refractivity contribution in [1.82, 2.24) is 9.80 Å². The molecule has 184 valence electrons. The lowest BCUT2D eigenvalue weighted by molar-refractivity contribution is -0.135. The minimum atomic E-state index is -0.191. The molecule has 1 aromatic heterocycles. The molecule has 1 atom stereocenters. The molecular weight excluding hydrogens is 460 g/mol. The number of hydrogen-bond acceptors (Lipinski definition) is 5. The van der Waals surface area contributed by atoms with Gasteiger partial charge in [0.15, 0.2) is 0 Å². The first kappa shape index (κ1) is 24.8. The number of thiophene rings is 1. The first-order valence-electron chi connectivity index (χ1n) is 11.9. The number of likely N-dealkylation sites (N-methyl/N-ethyl adjacent to an activating group) is 1. The van der Waals surface area contributed by atoms with Crippen molar-refractivity contribution >= 4 is 23.2 Å². The van der Waals surface area contributed by atoms with Crippen LogP contribution in [-0.2, 0) is 11.2 Å². The Morgan fingerprint density at radius 3 is 2.71 bits per heavy atom. The van der Waals surface area contributed by atoms with Crippen molar-refractivity contribution < 1.29 is 19.1 Å². The van der Waals surface area contributed by atoms with Crippen LogP contribution in [0.3, 0.4) is 0 Å². The third-order valence-electron chi connectivity index (χ3n) is 6.45. The molecule has 1 aliphatic rings.